The van der Waals surface area contributed by atoms with Crippen LogP contribution >= 0.6 is 0 Å². The second kappa shape index (κ2) is 10.2. The maximum Gasteiger partial charge on any atom is 0.223 e. The molecule has 1 atom stereocenters. The average molecular weight is 270 g/mol. The Labute approximate surface area is 119 Å². The molecule has 0 aliphatic carbocycles. The van der Waals surface area contributed by atoms with Gasteiger partial charge in [0.2, 0.25) is 5.91 Å². The van der Waals surface area contributed by atoms with E-state index < -0.39 is 0 Å². The van der Waals surface area contributed by atoms with Crippen molar-refractivity contribution in [2.24, 2.45) is 17.6 Å². The first-order valence-corrected chi connectivity index (χ1v) is 7.91. The van der Waals surface area contributed by atoms with Crippen molar-refractivity contribution in [3.63, 3.8) is 0 Å². The van der Waals surface area contributed by atoms with Crippen molar-refractivity contribution in [3.8, 4) is 0 Å². The normalized spacial score (nSPS) is 13.1. The molecule has 0 radical (unpaired) electrons. The van der Waals surface area contributed by atoms with Crippen LogP contribution in [-0.2, 0) is 4.79 Å². The molecular formula is C16H34N2O. The van der Waals surface area contributed by atoms with Crippen molar-refractivity contribution in [2.45, 2.75) is 72.8 Å². The first-order valence-electron chi connectivity index (χ1n) is 7.91. The summed E-state index contributed by atoms with van der Waals surface area (Å²) < 4.78 is 0. The van der Waals surface area contributed by atoms with Crippen molar-refractivity contribution >= 4 is 5.91 Å². The van der Waals surface area contributed by atoms with E-state index in [1.165, 1.54) is 12.8 Å². The summed E-state index contributed by atoms with van der Waals surface area (Å²) >= 11 is 0. The second-order valence-electron chi connectivity index (χ2n) is 6.32. The highest BCUT2D eigenvalue weighted by Crippen LogP contribution is 2.17. The Morgan fingerprint density at radius 2 is 1.79 bits per heavy atom. The molecule has 0 saturated heterocycles. The van der Waals surface area contributed by atoms with Gasteiger partial charge in [0.05, 0.1) is 0 Å². The second-order valence-corrected chi connectivity index (χ2v) is 6.32. The lowest BCUT2D eigenvalue weighted by Crippen LogP contribution is -2.39. The van der Waals surface area contributed by atoms with Crippen LogP contribution in [0.2, 0.25) is 0 Å². The van der Waals surface area contributed by atoms with E-state index in [0.717, 1.165) is 19.4 Å². The number of rotatable bonds is 10. The first kappa shape index (κ1) is 18.4. The smallest absolute Gasteiger partial charge is 0.223 e. The molecule has 114 valence electrons. The summed E-state index contributed by atoms with van der Waals surface area (Å²) in [4.78, 5) is 14.4. The third-order valence-electron chi connectivity index (χ3n) is 3.55. The topological polar surface area (TPSA) is 46.3 Å². The Morgan fingerprint density at radius 3 is 2.21 bits per heavy atom. The average Bonchev–Trinajstić information content (AvgIpc) is 2.32. The van der Waals surface area contributed by atoms with Crippen LogP contribution < -0.4 is 5.73 Å². The number of carbonyl (C=O) groups excluding carboxylic acids is 1. The summed E-state index contributed by atoms with van der Waals surface area (Å²) in [5.41, 5.74) is 5.80. The SMILES string of the molecule is CCCCCN(C(=O)C[C@@H](CN)CC(C)C)C(C)C. The van der Waals surface area contributed by atoms with Crippen LogP contribution in [0.5, 0.6) is 0 Å². The van der Waals surface area contributed by atoms with Crippen molar-refractivity contribution in [1.82, 2.24) is 4.90 Å². The third kappa shape index (κ3) is 8.25. The van der Waals surface area contributed by atoms with Crippen LogP contribution in [0.3, 0.4) is 0 Å². The molecule has 0 unspecified atom stereocenters. The maximum atomic E-state index is 12.4. The zero-order valence-corrected chi connectivity index (χ0v) is 13.6. The lowest BCUT2D eigenvalue weighted by molar-refractivity contribution is -0.134. The van der Waals surface area contributed by atoms with Gasteiger partial charge in [-0.2, -0.15) is 0 Å². The number of nitrogens with zero attached hydrogens (tertiary/aromatic N) is 1. The van der Waals surface area contributed by atoms with Gasteiger partial charge in [-0.3, -0.25) is 4.79 Å². The van der Waals surface area contributed by atoms with Crippen molar-refractivity contribution in [3.05, 3.63) is 0 Å². The molecule has 0 heterocycles. The number of hydrogen-bond acceptors (Lipinski definition) is 2. The van der Waals surface area contributed by atoms with Gasteiger partial charge in [0.15, 0.2) is 0 Å². The van der Waals surface area contributed by atoms with Gasteiger partial charge in [0.25, 0.3) is 0 Å². The molecule has 19 heavy (non-hydrogen) atoms. The quantitative estimate of drug-likeness (QED) is 0.618. The van der Waals surface area contributed by atoms with Gasteiger partial charge in [-0.25, -0.2) is 0 Å². The summed E-state index contributed by atoms with van der Waals surface area (Å²) in [5.74, 6) is 1.22. The fourth-order valence-electron chi connectivity index (χ4n) is 2.50. The Kier molecular flexibility index (Phi) is 9.94. The lowest BCUT2D eigenvalue weighted by Gasteiger charge is -2.29. The molecule has 3 heteroatoms. The van der Waals surface area contributed by atoms with Crippen LogP contribution in [0.1, 0.15) is 66.7 Å². The maximum absolute atomic E-state index is 12.4. The van der Waals surface area contributed by atoms with E-state index in [1.54, 1.807) is 0 Å². The zero-order chi connectivity index (χ0) is 14.8. The molecule has 0 bridgehead atoms. The van der Waals surface area contributed by atoms with Crippen molar-refractivity contribution < 1.29 is 4.79 Å². The monoisotopic (exact) mass is 270 g/mol. The van der Waals surface area contributed by atoms with E-state index in [9.17, 15) is 4.79 Å². The number of hydrogen-bond donors (Lipinski definition) is 1. The molecular weight excluding hydrogens is 236 g/mol. The fraction of sp³-hybridized carbons (Fsp3) is 0.938. The molecule has 0 aliphatic rings. The summed E-state index contributed by atoms with van der Waals surface area (Å²) in [7, 11) is 0. The largest absolute Gasteiger partial charge is 0.340 e. The summed E-state index contributed by atoms with van der Waals surface area (Å²) in [5, 5.41) is 0. The molecule has 0 spiro atoms. The standard InChI is InChI=1S/C16H34N2O/c1-6-7-8-9-18(14(4)5)16(19)11-15(12-17)10-13(2)3/h13-15H,6-12,17H2,1-5H3/t15-/m0/s1. The van der Waals surface area contributed by atoms with Gasteiger partial charge in [-0.05, 0) is 45.1 Å². The van der Waals surface area contributed by atoms with Crippen LogP contribution in [0.25, 0.3) is 0 Å². The highest BCUT2D eigenvalue weighted by molar-refractivity contribution is 5.76. The molecule has 0 rings (SSSR count). The van der Waals surface area contributed by atoms with E-state index in [2.05, 4.69) is 34.6 Å². The van der Waals surface area contributed by atoms with E-state index in [1.807, 2.05) is 4.90 Å². The van der Waals surface area contributed by atoms with Crippen LogP contribution in [0.15, 0.2) is 0 Å². The predicted octanol–water partition coefficient (Wildman–Crippen LogP) is 3.42. The van der Waals surface area contributed by atoms with E-state index in [0.29, 0.717) is 30.8 Å². The third-order valence-corrected chi connectivity index (χ3v) is 3.55. The molecule has 2 N–H and O–H groups in total. The van der Waals surface area contributed by atoms with Gasteiger partial charge < -0.3 is 10.6 Å². The lowest BCUT2D eigenvalue weighted by atomic mass is 9.93. The first-order chi connectivity index (χ1) is 8.92. The number of amides is 1. The minimum Gasteiger partial charge on any atom is -0.340 e. The Morgan fingerprint density at radius 1 is 1.16 bits per heavy atom. The van der Waals surface area contributed by atoms with Gasteiger partial charge in [-0.1, -0.05) is 33.6 Å². The number of unbranched alkanes of at least 4 members (excludes halogenated alkanes) is 2. The van der Waals surface area contributed by atoms with E-state index in [-0.39, 0.29) is 5.91 Å². The van der Waals surface area contributed by atoms with Gasteiger partial charge >= 0.3 is 0 Å². The zero-order valence-electron chi connectivity index (χ0n) is 13.6. The molecule has 1 amide bonds. The molecule has 0 fully saturated rings. The number of carbonyl (C=O) groups is 1. The summed E-state index contributed by atoms with van der Waals surface area (Å²) in [6.45, 7) is 12.3. The molecule has 0 aromatic carbocycles. The Balaban J connectivity index is 4.36. The van der Waals surface area contributed by atoms with Gasteiger partial charge in [0.1, 0.15) is 0 Å². The summed E-state index contributed by atoms with van der Waals surface area (Å²) in [6, 6.07) is 0.293. The van der Waals surface area contributed by atoms with E-state index in [4.69, 9.17) is 5.73 Å². The summed E-state index contributed by atoms with van der Waals surface area (Å²) in [6.07, 6.45) is 5.15. The van der Waals surface area contributed by atoms with Crippen LogP contribution in [0, 0.1) is 11.8 Å². The van der Waals surface area contributed by atoms with Crippen molar-refractivity contribution in [2.75, 3.05) is 13.1 Å². The van der Waals surface area contributed by atoms with Crippen LogP contribution in [0.4, 0.5) is 0 Å². The molecule has 0 aromatic heterocycles. The Bertz CT molecular complexity index is 239. The van der Waals surface area contributed by atoms with Gasteiger partial charge in [-0.15, -0.1) is 0 Å². The fourth-order valence-corrected chi connectivity index (χ4v) is 2.50. The molecule has 0 saturated carbocycles. The van der Waals surface area contributed by atoms with E-state index >= 15 is 0 Å². The van der Waals surface area contributed by atoms with Gasteiger partial charge in [0, 0.05) is 19.0 Å². The molecule has 3 nitrogen and oxygen atoms in total. The minimum absolute atomic E-state index is 0.280. The molecule has 0 aromatic rings. The highest BCUT2D eigenvalue weighted by atomic mass is 16.2. The van der Waals surface area contributed by atoms with Crippen molar-refractivity contribution in [1.29, 1.82) is 0 Å². The highest BCUT2D eigenvalue weighted by Gasteiger charge is 2.20. The Hall–Kier alpha value is -0.570. The predicted molar refractivity (Wildman–Crippen MR) is 83.0 cm³/mol. The molecule has 0 aliphatic heterocycles. The van der Waals surface area contributed by atoms with Crippen LogP contribution in [-0.4, -0.2) is 29.9 Å². The number of nitrogens with two attached hydrogens (primary N) is 1. The minimum atomic E-state index is 0.280.